The lowest BCUT2D eigenvalue weighted by atomic mass is 9.97. The van der Waals surface area contributed by atoms with Gasteiger partial charge in [0, 0.05) is 5.56 Å². The third kappa shape index (κ3) is 5.79. The van der Waals surface area contributed by atoms with Crippen molar-refractivity contribution >= 4 is 0 Å². The molecule has 4 aromatic carbocycles. The summed E-state index contributed by atoms with van der Waals surface area (Å²) in [5, 5.41) is 0. The van der Waals surface area contributed by atoms with Crippen LogP contribution in [0.4, 0.5) is 26.3 Å². The zero-order chi connectivity index (χ0) is 25.9. The third-order valence-corrected chi connectivity index (χ3v) is 5.64. The SMILES string of the molecule is C=CCCc1ccc(-c2ccc(-c3ccc(-c4cc(F)c(OC(F)(F)F)c(F)c4)c(F)c3)cc2)cc1. The topological polar surface area (TPSA) is 9.23 Å². The summed E-state index contributed by atoms with van der Waals surface area (Å²) in [5.74, 6) is -5.55. The van der Waals surface area contributed by atoms with E-state index in [0.717, 1.165) is 29.5 Å². The number of halogens is 6. The van der Waals surface area contributed by atoms with Crippen molar-refractivity contribution in [2.75, 3.05) is 0 Å². The standard InChI is InChI=1S/C29H20F6O/c1-2-3-4-18-5-7-19(8-6-18)20-9-11-21(12-10-20)22-13-14-24(25(30)15-22)23-16-26(31)28(27(32)17-23)36-29(33,34)35/h2,5-17H,1,3-4H2. The predicted octanol–water partition coefficient (Wildman–Crippen LogP) is 9.12. The van der Waals surface area contributed by atoms with Crippen molar-refractivity contribution in [2.24, 2.45) is 0 Å². The van der Waals surface area contributed by atoms with E-state index in [1.807, 2.05) is 42.5 Å². The van der Waals surface area contributed by atoms with Crippen molar-refractivity contribution < 1.29 is 31.1 Å². The molecule has 36 heavy (non-hydrogen) atoms. The summed E-state index contributed by atoms with van der Waals surface area (Å²) < 4.78 is 83.4. The van der Waals surface area contributed by atoms with Crippen molar-refractivity contribution in [3.8, 4) is 39.1 Å². The Hall–Kier alpha value is -4.00. The Morgan fingerprint density at radius 3 is 1.61 bits per heavy atom. The fraction of sp³-hybridized carbons (Fsp3) is 0.103. The molecule has 7 heteroatoms. The molecule has 0 N–H and O–H groups in total. The average molecular weight is 498 g/mol. The van der Waals surface area contributed by atoms with E-state index in [2.05, 4.69) is 23.4 Å². The first kappa shape index (κ1) is 25.1. The van der Waals surface area contributed by atoms with Crippen LogP contribution in [0.5, 0.6) is 5.75 Å². The first-order valence-electron chi connectivity index (χ1n) is 11.0. The molecule has 0 aliphatic heterocycles. The first-order valence-corrected chi connectivity index (χ1v) is 11.0. The van der Waals surface area contributed by atoms with Crippen molar-refractivity contribution in [1.82, 2.24) is 0 Å². The van der Waals surface area contributed by atoms with Crippen LogP contribution in [0.1, 0.15) is 12.0 Å². The van der Waals surface area contributed by atoms with E-state index in [9.17, 15) is 26.3 Å². The number of rotatable bonds is 7. The Bertz CT molecular complexity index is 1350. The molecular weight excluding hydrogens is 478 g/mol. The minimum atomic E-state index is -5.26. The smallest absolute Gasteiger partial charge is 0.399 e. The Morgan fingerprint density at radius 1 is 0.639 bits per heavy atom. The van der Waals surface area contributed by atoms with E-state index in [0.29, 0.717) is 17.7 Å². The van der Waals surface area contributed by atoms with Gasteiger partial charge in [-0.05, 0) is 64.4 Å². The van der Waals surface area contributed by atoms with Crippen LogP contribution in [-0.4, -0.2) is 6.36 Å². The van der Waals surface area contributed by atoms with Crippen LogP contribution in [0.15, 0.2) is 91.5 Å². The second-order valence-electron chi connectivity index (χ2n) is 8.11. The lowest BCUT2D eigenvalue weighted by molar-refractivity contribution is -0.276. The highest BCUT2D eigenvalue weighted by Gasteiger charge is 2.34. The zero-order valence-electron chi connectivity index (χ0n) is 18.9. The number of hydrogen-bond acceptors (Lipinski definition) is 1. The van der Waals surface area contributed by atoms with Gasteiger partial charge in [-0.1, -0.05) is 66.7 Å². The second kappa shape index (κ2) is 10.3. The van der Waals surface area contributed by atoms with E-state index in [1.54, 1.807) is 6.07 Å². The summed E-state index contributed by atoms with van der Waals surface area (Å²) in [6.45, 7) is 3.73. The predicted molar refractivity (Wildman–Crippen MR) is 128 cm³/mol. The van der Waals surface area contributed by atoms with Gasteiger partial charge in [-0.25, -0.2) is 13.2 Å². The molecule has 0 spiro atoms. The minimum Gasteiger partial charge on any atom is -0.399 e. The number of hydrogen-bond donors (Lipinski definition) is 0. The molecule has 0 heterocycles. The molecule has 4 aromatic rings. The lowest BCUT2D eigenvalue weighted by Gasteiger charge is -2.13. The van der Waals surface area contributed by atoms with Crippen molar-refractivity contribution in [3.63, 3.8) is 0 Å². The average Bonchev–Trinajstić information content (AvgIpc) is 2.85. The van der Waals surface area contributed by atoms with Gasteiger partial charge in [0.15, 0.2) is 11.6 Å². The number of benzene rings is 4. The molecule has 1 nitrogen and oxygen atoms in total. The van der Waals surface area contributed by atoms with Gasteiger partial charge < -0.3 is 4.74 Å². The van der Waals surface area contributed by atoms with Crippen LogP contribution < -0.4 is 4.74 Å². The summed E-state index contributed by atoms with van der Waals surface area (Å²) in [6.07, 6.45) is -1.55. The highest BCUT2D eigenvalue weighted by molar-refractivity contribution is 5.74. The Labute approximate surface area is 204 Å². The largest absolute Gasteiger partial charge is 0.573 e. The second-order valence-corrected chi connectivity index (χ2v) is 8.11. The molecule has 184 valence electrons. The summed E-state index contributed by atoms with van der Waals surface area (Å²) in [7, 11) is 0. The van der Waals surface area contributed by atoms with Crippen LogP contribution in [0.2, 0.25) is 0 Å². The summed E-state index contributed by atoms with van der Waals surface area (Å²) in [4.78, 5) is 0. The lowest BCUT2D eigenvalue weighted by Crippen LogP contribution is -2.19. The van der Waals surface area contributed by atoms with Gasteiger partial charge in [-0.3, -0.25) is 0 Å². The van der Waals surface area contributed by atoms with Crippen LogP contribution in [-0.2, 0) is 6.42 Å². The van der Waals surface area contributed by atoms with Crippen LogP contribution in [0.25, 0.3) is 33.4 Å². The maximum absolute atomic E-state index is 14.9. The third-order valence-electron chi connectivity index (χ3n) is 5.64. The van der Waals surface area contributed by atoms with Crippen LogP contribution >= 0.6 is 0 Å². The quantitative estimate of drug-likeness (QED) is 0.182. The number of ether oxygens (including phenoxy) is 1. The molecule has 0 aliphatic rings. The molecule has 4 rings (SSSR count). The van der Waals surface area contributed by atoms with E-state index in [1.165, 1.54) is 17.7 Å². The van der Waals surface area contributed by atoms with Gasteiger partial charge in [-0.15, -0.1) is 19.8 Å². The number of alkyl halides is 3. The van der Waals surface area contributed by atoms with Gasteiger partial charge in [0.2, 0.25) is 5.75 Å². The minimum absolute atomic E-state index is 0.164. The fourth-order valence-corrected chi connectivity index (χ4v) is 3.85. The van der Waals surface area contributed by atoms with Gasteiger partial charge in [0.05, 0.1) is 0 Å². The first-order chi connectivity index (χ1) is 17.1. The molecule has 0 radical (unpaired) electrons. The molecule has 0 saturated heterocycles. The zero-order valence-corrected chi connectivity index (χ0v) is 18.9. The van der Waals surface area contributed by atoms with Gasteiger partial charge in [0.1, 0.15) is 5.82 Å². The van der Waals surface area contributed by atoms with E-state index >= 15 is 0 Å². The Kier molecular flexibility index (Phi) is 7.20. The Balaban J connectivity index is 1.55. The highest BCUT2D eigenvalue weighted by atomic mass is 19.4. The van der Waals surface area contributed by atoms with E-state index < -0.39 is 29.6 Å². The van der Waals surface area contributed by atoms with Gasteiger partial charge >= 0.3 is 6.36 Å². The molecule has 0 fully saturated rings. The number of allylic oxidation sites excluding steroid dienone is 1. The molecule has 0 bridgehead atoms. The monoisotopic (exact) mass is 498 g/mol. The summed E-state index contributed by atoms with van der Waals surface area (Å²) in [6, 6.07) is 21.0. The van der Waals surface area contributed by atoms with Crippen LogP contribution in [0, 0.1) is 17.5 Å². The van der Waals surface area contributed by atoms with Gasteiger partial charge in [-0.2, -0.15) is 0 Å². The normalized spacial score (nSPS) is 11.4. The molecule has 0 atom stereocenters. The Morgan fingerprint density at radius 2 is 1.11 bits per heavy atom. The molecule has 0 unspecified atom stereocenters. The van der Waals surface area contributed by atoms with Crippen molar-refractivity contribution in [3.05, 3.63) is 115 Å². The maximum atomic E-state index is 14.9. The molecular formula is C29H20F6O. The highest BCUT2D eigenvalue weighted by Crippen LogP contribution is 2.35. The molecule has 0 saturated carbocycles. The van der Waals surface area contributed by atoms with E-state index in [4.69, 9.17) is 0 Å². The summed E-state index contributed by atoms with van der Waals surface area (Å²) in [5.41, 5.74) is 4.07. The molecule has 0 aliphatic carbocycles. The molecule has 0 amide bonds. The maximum Gasteiger partial charge on any atom is 0.573 e. The number of aryl methyl sites for hydroxylation is 1. The molecule has 0 aromatic heterocycles. The van der Waals surface area contributed by atoms with Crippen molar-refractivity contribution in [1.29, 1.82) is 0 Å². The summed E-state index contributed by atoms with van der Waals surface area (Å²) >= 11 is 0. The van der Waals surface area contributed by atoms with Crippen molar-refractivity contribution in [2.45, 2.75) is 19.2 Å². The van der Waals surface area contributed by atoms with Gasteiger partial charge in [0.25, 0.3) is 0 Å². The van der Waals surface area contributed by atoms with Crippen LogP contribution in [0.3, 0.4) is 0 Å². The fourth-order valence-electron chi connectivity index (χ4n) is 3.85. The van der Waals surface area contributed by atoms with E-state index in [-0.39, 0.29) is 11.1 Å².